The topological polar surface area (TPSA) is 15.3 Å². The number of hydrogen-bond acceptors (Lipinski definition) is 2. The maximum Gasteiger partial charge on any atom is 0.0240 e. The third kappa shape index (κ3) is 6.16. The van der Waals surface area contributed by atoms with Crippen molar-refractivity contribution in [3.63, 3.8) is 0 Å². The molecule has 1 N–H and O–H groups in total. The molecule has 1 unspecified atom stereocenters. The largest absolute Gasteiger partial charge is 0.315 e. The minimum atomic E-state index is 0.342. The Kier molecular flexibility index (Phi) is 7.20. The maximum absolute atomic E-state index is 3.44. The maximum atomic E-state index is 3.44. The summed E-state index contributed by atoms with van der Waals surface area (Å²) in [6.45, 7) is 15.0. The molecule has 0 aliphatic carbocycles. The number of rotatable bonds is 7. The molecule has 0 aromatic rings. The van der Waals surface area contributed by atoms with Crippen molar-refractivity contribution in [2.75, 3.05) is 26.7 Å². The molecule has 0 radical (unpaired) electrons. The van der Waals surface area contributed by atoms with Crippen LogP contribution in [0.4, 0.5) is 0 Å². The molecule has 0 spiro atoms. The summed E-state index contributed by atoms with van der Waals surface area (Å²) in [5.41, 5.74) is 0.342. The van der Waals surface area contributed by atoms with Crippen molar-refractivity contribution in [1.82, 2.24) is 10.2 Å². The Morgan fingerprint density at radius 3 is 2.13 bits per heavy atom. The zero-order chi connectivity index (χ0) is 11.9. The van der Waals surface area contributed by atoms with Gasteiger partial charge in [0.15, 0.2) is 0 Å². The molecule has 0 aromatic heterocycles. The fourth-order valence-electron chi connectivity index (χ4n) is 1.82. The zero-order valence-corrected chi connectivity index (χ0v) is 11.6. The number of unbranched alkanes of at least 4 members (excludes halogenated alkanes) is 1. The van der Waals surface area contributed by atoms with Crippen LogP contribution >= 0.6 is 0 Å². The first-order chi connectivity index (χ1) is 6.95. The van der Waals surface area contributed by atoms with Crippen LogP contribution in [-0.4, -0.2) is 37.6 Å². The van der Waals surface area contributed by atoms with Gasteiger partial charge >= 0.3 is 0 Å². The Morgan fingerprint density at radius 2 is 1.80 bits per heavy atom. The number of nitrogens with one attached hydrogen (secondary N) is 1. The summed E-state index contributed by atoms with van der Waals surface area (Å²) in [5.74, 6) is 0. The van der Waals surface area contributed by atoms with Crippen molar-refractivity contribution in [3.8, 4) is 0 Å². The van der Waals surface area contributed by atoms with E-state index in [1.807, 2.05) is 0 Å². The Balaban J connectivity index is 4.12. The van der Waals surface area contributed by atoms with Crippen LogP contribution in [0.1, 0.15) is 47.5 Å². The van der Waals surface area contributed by atoms with Gasteiger partial charge in [0.05, 0.1) is 0 Å². The number of nitrogens with zero attached hydrogens (tertiary/aromatic N) is 1. The first-order valence-electron chi connectivity index (χ1n) is 6.35. The number of likely N-dealkylation sites (N-methyl/N-ethyl adjacent to an activating group) is 2. The zero-order valence-electron chi connectivity index (χ0n) is 11.6. The van der Waals surface area contributed by atoms with Crippen molar-refractivity contribution in [2.45, 2.75) is 53.5 Å². The normalized spacial score (nSPS) is 14.6. The molecule has 0 saturated carbocycles. The van der Waals surface area contributed by atoms with Crippen molar-refractivity contribution in [3.05, 3.63) is 0 Å². The van der Waals surface area contributed by atoms with Gasteiger partial charge in [-0.15, -0.1) is 0 Å². The fraction of sp³-hybridized carbons (Fsp3) is 1.00. The molecular formula is C13H30N2. The van der Waals surface area contributed by atoms with E-state index >= 15 is 0 Å². The highest BCUT2D eigenvalue weighted by atomic mass is 15.1. The summed E-state index contributed by atoms with van der Waals surface area (Å²) in [7, 11) is 2.07. The highest BCUT2D eigenvalue weighted by molar-refractivity contribution is 4.82. The van der Waals surface area contributed by atoms with E-state index in [9.17, 15) is 0 Å². The molecule has 2 nitrogen and oxygen atoms in total. The van der Waals surface area contributed by atoms with Crippen LogP contribution in [0.5, 0.6) is 0 Å². The van der Waals surface area contributed by atoms with Crippen LogP contribution < -0.4 is 5.32 Å². The standard InChI is InChI=1S/C13H30N2/c1-7-9-10-15(8-2)11-12(14-6)13(3,4)5/h12,14H,7-11H2,1-6H3. The predicted octanol–water partition coefficient (Wildman–Crippen LogP) is 2.74. The Morgan fingerprint density at radius 1 is 1.20 bits per heavy atom. The van der Waals surface area contributed by atoms with E-state index in [1.54, 1.807) is 0 Å². The van der Waals surface area contributed by atoms with Gasteiger partial charge in [-0.3, -0.25) is 0 Å². The first-order valence-corrected chi connectivity index (χ1v) is 6.35. The quantitative estimate of drug-likeness (QED) is 0.701. The molecule has 0 rings (SSSR count). The monoisotopic (exact) mass is 214 g/mol. The molecule has 2 heteroatoms. The molecule has 0 aromatic carbocycles. The van der Waals surface area contributed by atoms with Crippen LogP contribution in [0.3, 0.4) is 0 Å². The van der Waals surface area contributed by atoms with E-state index in [1.165, 1.54) is 19.4 Å². The van der Waals surface area contributed by atoms with E-state index in [0.29, 0.717) is 11.5 Å². The van der Waals surface area contributed by atoms with Gasteiger partial charge in [0, 0.05) is 12.6 Å². The summed E-state index contributed by atoms with van der Waals surface area (Å²) >= 11 is 0. The third-order valence-electron chi connectivity index (χ3n) is 3.11. The molecule has 0 heterocycles. The van der Waals surface area contributed by atoms with E-state index < -0.39 is 0 Å². The van der Waals surface area contributed by atoms with Crippen LogP contribution in [0.15, 0.2) is 0 Å². The molecule has 15 heavy (non-hydrogen) atoms. The first kappa shape index (κ1) is 14.9. The van der Waals surface area contributed by atoms with E-state index in [0.717, 1.165) is 13.1 Å². The van der Waals surface area contributed by atoms with Crippen molar-refractivity contribution in [2.24, 2.45) is 5.41 Å². The Hall–Kier alpha value is -0.0800. The molecule has 1 atom stereocenters. The van der Waals surface area contributed by atoms with Gasteiger partial charge in [-0.25, -0.2) is 0 Å². The number of hydrogen-bond donors (Lipinski definition) is 1. The summed E-state index contributed by atoms with van der Waals surface area (Å²) in [6.07, 6.45) is 2.60. The van der Waals surface area contributed by atoms with Gasteiger partial charge in [-0.05, 0) is 32.0 Å². The van der Waals surface area contributed by atoms with Crippen LogP contribution in [0.2, 0.25) is 0 Å². The minimum Gasteiger partial charge on any atom is -0.315 e. The van der Waals surface area contributed by atoms with Crippen LogP contribution in [-0.2, 0) is 0 Å². The highest BCUT2D eigenvalue weighted by Crippen LogP contribution is 2.19. The van der Waals surface area contributed by atoms with Gasteiger partial charge in [-0.2, -0.15) is 0 Å². The van der Waals surface area contributed by atoms with E-state index in [4.69, 9.17) is 0 Å². The molecule has 0 aliphatic heterocycles. The van der Waals surface area contributed by atoms with Crippen LogP contribution in [0.25, 0.3) is 0 Å². The second-order valence-electron chi connectivity index (χ2n) is 5.45. The molecule has 0 fully saturated rings. The molecular weight excluding hydrogens is 184 g/mol. The SMILES string of the molecule is CCCCN(CC)CC(NC)C(C)(C)C. The second-order valence-corrected chi connectivity index (χ2v) is 5.45. The van der Waals surface area contributed by atoms with Gasteiger partial charge in [0.1, 0.15) is 0 Å². The Bertz CT molecular complexity index is 149. The average Bonchev–Trinajstić information content (AvgIpc) is 2.16. The second kappa shape index (κ2) is 7.24. The van der Waals surface area contributed by atoms with Crippen LogP contribution in [0, 0.1) is 5.41 Å². The lowest BCUT2D eigenvalue weighted by atomic mass is 9.86. The van der Waals surface area contributed by atoms with Gasteiger partial charge in [-0.1, -0.05) is 41.0 Å². The van der Waals surface area contributed by atoms with Gasteiger partial charge < -0.3 is 10.2 Å². The summed E-state index contributed by atoms with van der Waals surface area (Å²) in [4.78, 5) is 2.55. The van der Waals surface area contributed by atoms with Crippen molar-refractivity contribution in [1.29, 1.82) is 0 Å². The lowest BCUT2D eigenvalue weighted by molar-refractivity contribution is 0.182. The molecule has 0 amide bonds. The summed E-state index contributed by atoms with van der Waals surface area (Å²) in [6, 6.07) is 0.578. The lowest BCUT2D eigenvalue weighted by Crippen LogP contribution is -2.47. The summed E-state index contributed by atoms with van der Waals surface area (Å²) < 4.78 is 0. The highest BCUT2D eigenvalue weighted by Gasteiger charge is 2.24. The molecule has 0 bridgehead atoms. The minimum absolute atomic E-state index is 0.342. The Labute approximate surface area is 96.4 Å². The average molecular weight is 214 g/mol. The van der Waals surface area contributed by atoms with E-state index in [2.05, 4.69) is 51.9 Å². The van der Waals surface area contributed by atoms with Gasteiger partial charge in [0.2, 0.25) is 0 Å². The lowest BCUT2D eigenvalue weighted by Gasteiger charge is -2.35. The van der Waals surface area contributed by atoms with Crippen molar-refractivity contribution >= 4 is 0 Å². The van der Waals surface area contributed by atoms with E-state index in [-0.39, 0.29) is 0 Å². The summed E-state index contributed by atoms with van der Waals surface area (Å²) in [5, 5.41) is 3.44. The molecule has 0 saturated heterocycles. The molecule has 0 aliphatic rings. The van der Waals surface area contributed by atoms with Gasteiger partial charge in [0.25, 0.3) is 0 Å². The molecule has 92 valence electrons. The predicted molar refractivity (Wildman–Crippen MR) is 69.3 cm³/mol. The third-order valence-corrected chi connectivity index (χ3v) is 3.11. The smallest absolute Gasteiger partial charge is 0.0240 e. The van der Waals surface area contributed by atoms with Crippen molar-refractivity contribution < 1.29 is 0 Å². The fourth-order valence-corrected chi connectivity index (χ4v) is 1.82.